The summed E-state index contributed by atoms with van der Waals surface area (Å²) < 4.78 is 0.148. The normalized spacial score (nSPS) is 18.7. The second kappa shape index (κ2) is 4.72. The number of nitrogens with two attached hydrogens (primary N) is 1. The van der Waals surface area contributed by atoms with Gasteiger partial charge in [-0.25, -0.2) is 4.79 Å². The molecule has 4 nitrogen and oxygen atoms in total. The second-order valence-electron chi connectivity index (χ2n) is 5.11. The lowest BCUT2D eigenvalue weighted by molar-refractivity contribution is 0.0697. The lowest BCUT2D eigenvalue weighted by Crippen LogP contribution is -2.43. The molecule has 18 heavy (non-hydrogen) atoms. The van der Waals surface area contributed by atoms with Crippen molar-refractivity contribution in [3.05, 3.63) is 23.8 Å². The number of hydrogen-bond donors (Lipinski definition) is 2. The molecule has 0 aromatic heterocycles. The fourth-order valence-corrected chi connectivity index (χ4v) is 3.33. The Labute approximate surface area is 111 Å². The summed E-state index contributed by atoms with van der Waals surface area (Å²) in [6.45, 7) is 6.09. The van der Waals surface area contributed by atoms with Gasteiger partial charge in [-0.1, -0.05) is 0 Å². The molecule has 3 N–H and O–H groups in total. The van der Waals surface area contributed by atoms with Crippen LogP contribution in [0.2, 0.25) is 0 Å². The number of carboxylic acid groups (broad SMARTS) is 1. The third-order valence-corrected chi connectivity index (χ3v) is 4.31. The van der Waals surface area contributed by atoms with E-state index in [9.17, 15) is 9.90 Å². The third kappa shape index (κ3) is 2.72. The summed E-state index contributed by atoms with van der Waals surface area (Å²) in [7, 11) is 0. The van der Waals surface area contributed by atoms with Crippen LogP contribution in [0.5, 0.6) is 0 Å². The van der Waals surface area contributed by atoms with Gasteiger partial charge in [0.25, 0.3) is 0 Å². The molecule has 0 aliphatic carbocycles. The van der Waals surface area contributed by atoms with Crippen LogP contribution in [0.3, 0.4) is 0 Å². The number of benzene rings is 1. The van der Waals surface area contributed by atoms with Crippen molar-refractivity contribution in [2.75, 3.05) is 29.5 Å². The number of thioether (sulfide) groups is 1. The minimum atomic E-state index is -0.923. The van der Waals surface area contributed by atoms with E-state index in [2.05, 4.69) is 18.7 Å². The molecule has 1 aromatic carbocycles. The highest BCUT2D eigenvalue weighted by Crippen LogP contribution is 2.34. The van der Waals surface area contributed by atoms with Gasteiger partial charge in [-0.05, 0) is 32.0 Å². The highest BCUT2D eigenvalue weighted by atomic mass is 32.2. The average molecular weight is 266 g/mol. The maximum Gasteiger partial charge on any atom is 0.337 e. The summed E-state index contributed by atoms with van der Waals surface area (Å²) >= 11 is 1.92. The summed E-state index contributed by atoms with van der Waals surface area (Å²) in [5, 5.41) is 9.26. The first-order chi connectivity index (χ1) is 8.39. The summed E-state index contributed by atoms with van der Waals surface area (Å²) in [6.07, 6.45) is 0. The van der Waals surface area contributed by atoms with E-state index in [1.807, 2.05) is 17.8 Å². The molecule has 1 aliphatic rings. The van der Waals surface area contributed by atoms with Gasteiger partial charge < -0.3 is 15.7 Å². The van der Waals surface area contributed by atoms with Gasteiger partial charge in [0.05, 0.1) is 11.3 Å². The number of nitrogens with zero attached hydrogens (tertiary/aromatic N) is 1. The first-order valence-corrected chi connectivity index (χ1v) is 6.89. The van der Waals surface area contributed by atoms with Gasteiger partial charge >= 0.3 is 5.97 Å². The summed E-state index contributed by atoms with van der Waals surface area (Å²) in [5.41, 5.74) is 7.21. The minimum Gasteiger partial charge on any atom is -0.478 e. The molecule has 0 spiro atoms. The van der Waals surface area contributed by atoms with Crippen LogP contribution in [-0.2, 0) is 0 Å². The lowest BCUT2D eigenvalue weighted by atomic mass is 10.1. The van der Waals surface area contributed by atoms with E-state index in [1.165, 1.54) is 6.07 Å². The molecule has 1 fully saturated rings. The van der Waals surface area contributed by atoms with E-state index >= 15 is 0 Å². The first kappa shape index (κ1) is 13.1. The van der Waals surface area contributed by atoms with Gasteiger partial charge in [0.2, 0.25) is 0 Å². The molecule has 0 amide bonds. The molecule has 0 saturated carbocycles. The van der Waals surface area contributed by atoms with Gasteiger partial charge in [-0.2, -0.15) is 11.8 Å². The smallest absolute Gasteiger partial charge is 0.337 e. The summed E-state index contributed by atoms with van der Waals surface area (Å²) in [4.78, 5) is 13.4. The van der Waals surface area contributed by atoms with Gasteiger partial charge in [0, 0.05) is 29.3 Å². The predicted octanol–water partition coefficient (Wildman–Crippen LogP) is 2.30. The minimum absolute atomic E-state index is 0.148. The fraction of sp³-hybridized carbons (Fsp3) is 0.462. The number of rotatable bonds is 2. The van der Waals surface area contributed by atoms with Crippen LogP contribution in [0, 0.1) is 0 Å². The van der Waals surface area contributed by atoms with Crippen LogP contribution >= 0.6 is 11.8 Å². The number of nitrogen functional groups attached to an aromatic ring is 1. The zero-order valence-electron chi connectivity index (χ0n) is 10.6. The Morgan fingerprint density at radius 1 is 1.50 bits per heavy atom. The Balaban J connectivity index is 2.35. The zero-order valence-corrected chi connectivity index (χ0v) is 11.5. The third-order valence-electron chi connectivity index (χ3n) is 3.02. The molecule has 5 heteroatoms. The molecule has 0 radical (unpaired) electrons. The van der Waals surface area contributed by atoms with Crippen molar-refractivity contribution in [3.63, 3.8) is 0 Å². The van der Waals surface area contributed by atoms with Crippen molar-refractivity contribution >= 4 is 29.1 Å². The maximum atomic E-state index is 11.3. The first-order valence-electron chi connectivity index (χ1n) is 5.91. The van der Waals surface area contributed by atoms with Gasteiger partial charge in [0.1, 0.15) is 0 Å². The number of aromatic carboxylic acids is 1. The van der Waals surface area contributed by atoms with Crippen molar-refractivity contribution in [1.29, 1.82) is 0 Å². The lowest BCUT2D eigenvalue weighted by Gasteiger charge is -2.39. The predicted molar refractivity (Wildman–Crippen MR) is 76.6 cm³/mol. The van der Waals surface area contributed by atoms with Crippen molar-refractivity contribution in [2.24, 2.45) is 0 Å². The fourth-order valence-electron chi connectivity index (χ4n) is 2.22. The Morgan fingerprint density at radius 3 is 2.83 bits per heavy atom. The molecular formula is C13H18N2O2S. The van der Waals surface area contributed by atoms with Crippen LogP contribution in [0.15, 0.2) is 18.2 Å². The van der Waals surface area contributed by atoms with Crippen molar-refractivity contribution in [2.45, 2.75) is 18.6 Å². The zero-order chi connectivity index (χ0) is 13.3. The van der Waals surface area contributed by atoms with E-state index in [-0.39, 0.29) is 10.3 Å². The van der Waals surface area contributed by atoms with Crippen LogP contribution in [-0.4, -0.2) is 34.7 Å². The molecule has 1 aromatic rings. The maximum absolute atomic E-state index is 11.3. The molecule has 0 bridgehead atoms. The Hall–Kier alpha value is -1.36. The Bertz CT molecular complexity index is 474. The van der Waals surface area contributed by atoms with Crippen LogP contribution < -0.4 is 10.6 Å². The molecule has 0 atom stereocenters. The highest BCUT2D eigenvalue weighted by Gasteiger charge is 2.29. The van der Waals surface area contributed by atoms with E-state index in [4.69, 9.17) is 5.73 Å². The topological polar surface area (TPSA) is 66.6 Å². The van der Waals surface area contributed by atoms with E-state index in [0.29, 0.717) is 5.69 Å². The molecule has 1 aliphatic heterocycles. The number of hydrogen-bond acceptors (Lipinski definition) is 4. The molecule has 1 saturated heterocycles. The standard InChI is InChI=1S/C13H18N2O2S/c1-13(2)8-15(5-6-18-13)11-4-3-9(14)7-10(11)12(16)17/h3-4,7H,5-6,8,14H2,1-2H3,(H,16,17). The van der Waals surface area contributed by atoms with Gasteiger partial charge in [-0.3, -0.25) is 0 Å². The van der Waals surface area contributed by atoms with Crippen LogP contribution in [0.25, 0.3) is 0 Å². The van der Waals surface area contributed by atoms with E-state index in [1.54, 1.807) is 6.07 Å². The summed E-state index contributed by atoms with van der Waals surface area (Å²) in [5.74, 6) is 0.0875. The Morgan fingerprint density at radius 2 is 2.22 bits per heavy atom. The molecule has 98 valence electrons. The van der Waals surface area contributed by atoms with Crippen LogP contribution in [0.4, 0.5) is 11.4 Å². The second-order valence-corrected chi connectivity index (χ2v) is 6.91. The molecule has 1 heterocycles. The SMILES string of the molecule is CC1(C)CN(c2ccc(N)cc2C(=O)O)CCS1. The molecule has 2 rings (SSSR count). The largest absolute Gasteiger partial charge is 0.478 e. The van der Waals surface area contributed by atoms with Gasteiger partial charge in [0.15, 0.2) is 0 Å². The monoisotopic (exact) mass is 266 g/mol. The summed E-state index contributed by atoms with van der Waals surface area (Å²) in [6, 6.07) is 5.10. The number of carboxylic acids is 1. The Kier molecular flexibility index (Phi) is 3.43. The van der Waals surface area contributed by atoms with Crippen LogP contribution in [0.1, 0.15) is 24.2 Å². The quantitative estimate of drug-likeness (QED) is 0.804. The highest BCUT2D eigenvalue weighted by molar-refractivity contribution is 8.00. The molecular weight excluding hydrogens is 248 g/mol. The van der Waals surface area contributed by atoms with Crippen molar-refractivity contribution in [3.8, 4) is 0 Å². The molecule has 0 unspecified atom stereocenters. The number of carbonyl (C=O) groups is 1. The van der Waals surface area contributed by atoms with E-state index < -0.39 is 5.97 Å². The average Bonchev–Trinajstić information content (AvgIpc) is 2.27. The number of anilines is 2. The van der Waals surface area contributed by atoms with Gasteiger partial charge in [-0.15, -0.1) is 0 Å². The van der Waals surface area contributed by atoms with Crippen molar-refractivity contribution < 1.29 is 9.90 Å². The van der Waals surface area contributed by atoms with Crippen molar-refractivity contribution in [1.82, 2.24) is 0 Å². The van der Waals surface area contributed by atoms with E-state index in [0.717, 1.165) is 24.5 Å².